The molecule has 0 radical (unpaired) electrons. The molecule has 0 aromatic heterocycles. The summed E-state index contributed by atoms with van der Waals surface area (Å²) in [5.74, 6) is -0.0253. The summed E-state index contributed by atoms with van der Waals surface area (Å²) in [4.78, 5) is 28.6. The second kappa shape index (κ2) is 10.9. The van der Waals surface area contributed by atoms with Gasteiger partial charge in [0.05, 0.1) is 6.04 Å². The van der Waals surface area contributed by atoms with Gasteiger partial charge in [-0.05, 0) is 51.2 Å². The molecule has 2 aliphatic heterocycles. The molecule has 2 fully saturated rings. The topological polar surface area (TPSA) is 53.1 Å². The highest BCUT2D eigenvalue weighted by atomic mass is 16.6. The zero-order valence-corrected chi connectivity index (χ0v) is 20.3. The summed E-state index contributed by atoms with van der Waals surface area (Å²) >= 11 is 0. The molecule has 0 aliphatic carbocycles. The van der Waals surface area contributed by atoms with E-state index in [1.54, 1.807) is 4.90 Å². The van der Waals surface area contributed by atoms with Crippen LogP contribution in [-0.2, 0) is 22.7 Å². The van der Waals surface area contributed by atoms with Crippen LogP contribution in [-0.4, -0.2) is 51.1 Å². The normalized spacial score (nSPS) is 24.9. The predicted octanol–water partition coefficient (Wildman–Crippen LogP) is 5.16. The van der Waals surface area contributed by atoms with Gasteiger partial charge in [0.1, 0.15) is 12.6 Å². The summed E-state index contributed by atoms with van der Waals surface area (Å²) in [7, 11) is 0. The van der Waals surface area contributed by atoms with Crippen molar-refractivity contribution in [3.8, 4) is 0 Å². The van der Waals surface area contributed by atoms with Gasteiger partial charge >= 0.3 is 6.09 Å². The maximum absolute atomic E-state index is 13.6. The summed E-state index contributed by atoms with van der Waals surface area (Å²) in [6.45, 7) is 6.83. The average Bonchev–Trinajstić information content (AvgIpc) is 3.18. The Morgan fingerprint density at radius 2 is 1.59 bits per heavy atom. The Hall–Kier alpha value is -3.12. The van der Waals surface area contributed by atoms with Crippen LogP contribution in [0, 0.1) is 0 Å². The van der Waals surface area contributed by atoms with Crippen molar-refractivity contribution in [2.75, 3.05) is 0 Å². The third-order valence-electron chi connectivity index (χ3n) is 6.90. The zero-order valence-electron chi connectivity index (χ0n) is 20.3. The Kier molecular flexibility index (Phi) is 7.68. The average molecular weight is 462 g/mol. The van der Waals surface area contributed by atoms with E-state index in [2.05, 4.69) is 24.9 Å². The Bertz CT molecular complexity index is 984. The van der Waals surface area contributed by atoms with Gasteiger partial charge in [-0.25, -0.2) is 9.80 Å². The van der Waals surface area contributed by atoms with Gasteiger partial charge in [-0.3, -0.25) is 14.7 Å². The van der Waals surface area contributed by atoms with Gasteiger partial charge in [0.25, 0.3) is 5.91 Å². The maximum Gasteiger partial charge on any atom is 0.411 e. The first-order valence-corrected chi connectivity index (χ1v) is 12.2. The molecule has 0 saturated carbocycles. The first-order valence-electron chi connectivity index (χ1n) is 12.2. The van der Waals surface area contributed by atoms with Crippen molar-refractivity contribution >= 4 is 12.0 Å². The van der Waals surface area contributed by atoms with Crippen LogP contribution in [0.3, 0.4) is 0 Å². The van der Waals surface area contributed by atoms with Gasteiger partial charge in [0, 0.05) is 18.6 Å². The van der Waals surface area contributed by atoms with Gasteiger partial charge in [-0.1, -0.05) is 72.8 Å². The largest absolute Gasteiger partial charge is 0.445 e. The molecule has 2 aromatic carbocycles. The first kappa shape index (κ1) is 24.0. The molecule has 0 N–H and O–H groups in total. The van der Waals surface area contributed by atoms with E-state index in [0.29, 0.717) is 25.0 Å². The minimum Gasteiger partial charge on any atom is -0.445 e. The van der Waals surface area contributed by atoms with E-state index >= 15 is 0 Å². The van der Waals surface area contributed by atoms with Crippen molar-refractivity contribution in [2.24, 2.45) is 0 Å². The van der Waals surface area contributed by atoms with Crippen molar-refractivity contribution in [1.29, 1.82) is 0 Å². The number of hydrogen-bond donors (Lipinski definition) is 0. The number of rotatable bonds is 8. The number of nitrogens with zero attached hydrogens (tertiary/aromatic N) is 3. The third kappa shape index (κ3) is 5.02. The number of hydrogen-bond acceptors (Lipinski definition) is 4. The highest BCUT2D eigenvalue weighted by Crippen LogP contribution is 2.37. The van der Waals surface area contributed by atoms with Crippen LogP contribution < -0.4 is 0 Å². The van der Waals surface area contributed by atoms with Crippen molar-refractivity contribution in [3.05, 3.63) is 83.9 Å². The van der Waals surface area contributed by atoms with Crippen LogP contribution in [0.15, 0.2) is 72.8 Å². The first-order chi connectivity index (χ1) is 16.5. The van der Waals surface area contributed by atoms with E-state index in [-0.39, 0.29) is 18.6 Å². The standard InChI is InChI=1S/C28H35N3O3/c1-4-5-16-25-26(27(32)31(25)30-21(2)17-18-22(30)3)29(19-23-12-8-6-9-13-23)28(33)34-20-24-14-10-7-11-15-24/h4-15,21-22,25-26H,16-20H2,1-3H3/b5-4+/t21-,22-,25-,26-/m1/s1. The lowest BCUT2D eigenvalue weighted by atomic mass is 9.91. The number of β-lactam (4-membered cyclic amide) rings is 1. The minimum atomic E-state index is -0.556. The molecule has 4 atom stereocenters. The Morgan fingerprint density at radius 3 is 2.18 bits per heavy atom. The van der Waals surface area contributed by atoms with Gasteiger partial charge in [0.2, 0.25) is 0 Å². The number of amides is 2. The summed E-state index contributed by atoms with van der Waals surface area (Å²) < 4.78 is 5.71. The number of hydrazine groups is 1. The van der Waals surface area contributed by atoms with E-state index in [1.807, 2.05) is 78.7 Å². The van der Waals surface area contributed by atoms with Crippen LogP contribution in [0.25, 0.3) is 0 Å². The smallest absolute Gasteiger partial charge is 0.411 e. The molecule has 2 saturated heterocycles. The Labute approximate surface area is 202 Å². The fourth-order valence-electron chi connectivity index (χ4n) is 5.11. The highest BCUT2D eigenvalue weighted by molar-refractivity contribution is 5.92. The fraction of sp³-hybridized carbons (Fsp3) is 0.429. The van der Waals surface area contributed by atoms with Crippen molar-refractivity contribution in [1.82, 2.24) is 14.9 Å². The molecule has 2 amide bonds. The predicted molar refractivity (Wildman–Crippen MR) is 132 cm³/mol. The van der Waals surface area contributed by atoms with Crippen LogP contribution in [0.2, 0.25) is 0 Å². The summed E-state index contributed by atoms with van der Waals surface area (Å²) in [5, 5.41) is 4.14. The lowest BCUT2D eigenvalue weighted by molar-refractivity contribution is -0.200. The molecule has 0 unspecified atom stereocenters. The Morgan fingerprint density at radius 1 is 1.00 bits per heavy atom. The molecular weight excluding hydrogens is 426 g/mol. The van der Waals surface area contributed by atoms with Gasteiger partial charge in [-0.2, -0.15) is 0 Å². The number of benzene rings is 2. The van der Waals surface area contributed by atoms with E-state index in [4.69, 9.17) is 4.74 Å². The third-order valence-corrected chi connectivity index (χ3v) is 6.90. The molecule has 2 aliphatic rings. The van der Waals surface area contributed by atoms with Gasteiger partial charge in [0.15, 0.2) is 0 Å². The van der Waals surface area contributed by atoms with Crippen LogP contribution in [0.4, 0.5) is 4.79 Å². The fourth-order valence-corrected chi connectivity index (χ4v) is 5.11. The number of allylic oxidation sites excluding steroid dienone is 1. The SMILES string of the molecule is C/C=C/C[C@@H]1[C@@H](N(Cc2ccccc2)C(=O)OCc2ccccc2)C(=O)N1N1[C@H](C)CC[C@H]1C. The van der Waals surface area contributed by atoms with Crippen molar-refractivity contribution in [2.45, 2.75) is 77.4 Å². The van der Waals surface area contributed by atoms with Crippen LogP contribution in [0.5, 0.6) is 0 Å². The van der Waals surface area contributed by atoms with E-state index in [9.17, 15) is 9.59 Å². The second-order valence-electron chi connectivity index (χ2n) is 9.31. The molecule has 180 valence electrons. The molecule has 0 bridgehead atoms. The lowest BCUT2D eigenvalue weighted by Gasteiger charge is -2.55. The highest BCUT2D eigenvalue weighted by Gasteiger charge is 2.56. The minimum absolute atomic E-state index is 0.0253. The molecule has 6 heteroatoms. The summed E-state index contributed by atoms with van der Waals surface area (Å²) in [6, 6.07) is 19.4. The monoisotopic (exact) mass is 461 g/mol. The van der Waals surface area contributed by atoms with Gasteiger partial charge in [-0.15, -0.1) is 0 Å². The molecule has 0 spiro atoms. The quantitative estimate of drug-likeness (QED) is 0.403. The van der Waals surface area contributed by atoms with E-state index in [0.717, 1.165) is 24.0 Å². The number of carbonyl (C=O) groups is 2. The molecule has 4 rings (SSSR count). The van der Waals surface area contributed by atoms with Crippen molar-refractivity contribution < 1.29 is 14.3 Å². The van der Waals surface area contributed by atoms with E-state index < -0.39 is 12.1 Å². The number of carbonyl (C=O) groups excluding carboxylic acids is 2. The Balaban J connectivity index is 1.59. The molecule has 6 nitrogen and oxygen atoms in total. The zero-order chi connectivity index (χ0) is 24.1. The van der Waals surface area contributed by atoms with Crippen LogP contribution >= 0.6 is 0 Å². The molecule has 2 aromatic rings. The van der Waals surface area contributed by atoms with Crippen LogP contribution in [0.1, 0.15) is 51.2 Å². The second-order valence-corrected chi connectivity index (χ2v) is 9.31. The number of ether oxygens (including phenoxy) is 1. The molecule has 2 heterocycles. The van der Waals surface area contributed by atoms with Gasteiger partial charge < -0.3 is 4.74 Å². The molecule has 34 heavy (non-hydrogen) atoms. The summed E-state index contributed by atoms with van der Waals surface area (Å²) in [6.07, 6.45) is 6.46. The maximum atomic E-state index is 13.6. The van der Waals surface area contributed by atoms with E-state index in [1.165, 1.54) is 0 Å². The summed E-state index contributed by atoms with van der Waals surface area (Å²) in [5.41, 5.74) is 1.89. The molecular formula is C28H35N3O3. The lowest BCUT2D eigenvalue weighted by Crippen LogP contribution is -2.76. The van der Waals surface area contributed by atoms with Crippen molar-refractivity contribution in [3.63, 3.8) is 0 Å².